The van der Waals surface area contributed by atoms with E-state index in [1.54, 1.807) is 16.7 Å². The summed E-state index contributed by atoms with van der Waals surface area (Å²) in [7, 11) is -3.69. The number of hydrogen-bond acceptors (Lipinski definition) is 10. The first-order valence-corrected chi connectivity index (χ1v) is 14.9. The zero-order valence-electron chi connectivity index (χ0n) is 19.0. The molecule has 0 spiro atoms. The van der Waals surface area contributed by atoms with E-state index < -0.39 is 10.0 Å². The van der Waals surface area contributed by atoms with Gasteiger partial charge in [0.15, 0.2) is 21.6 Å². The van der Waals surface area contributed by atoms with Crippen LogP contribution in [0.2, 0.25) is 0 Å². The zero-order valence-corrected chi connectivity index (χ0v) is 22.3. The molecule has 1 fully saturated rings. The molecule has 1 saturated heterocycles. The second-order valence-electron chi connectivity index (χ2n) is 8.79. The number of nitrogens with one attached hydrogen (secondary N) is 2. The second kappa shape index (κ2) is 9.87. The molecule has 0 aliphatic carbocycles. The molecule has 12 heteroatoms. The summed E-state index contributed by atoms with van der Waals surface area (Å²) in [6, 6.07) is 2.29. The Morgan fingerprint density at radius 1 is 1.06 bits per heavy atom. The van der Waals surface area contributed by atoms with Crippen LogP contribution in [-0.2, 0) is 10.0 Å². The number of anilines is 3. The predicted molar refractivity (Wildman–Crippen MR) is 137 cm³/mol. The first-order chi connectivity index (χ1) is 15.7. The van der Waals surface area contributed by atoms with Gasteiger partial charge in [0.05, 0.1) is 23.5 Å². The van der Waals surface area contributed by atoms with Crippen molar-refractivity contribution in [2.24, 2.45) is 5.92 Å². The lowest BCUT2D eigenvalue weighted by Crippen LogP contribution is -2.27. The molecule has 3 aromatic heterocycles. The molecule has 8 nitrogen and oxygen atoms in total. The molecule has 33 heavy (non-hydrogen) atoms. The molecule has 1 aliphatic rings. The normalized spacial score (nSPS) is 16.1. The highest BCUT2D eigenvalue weighted by molar-refractivity contribution is 7.91. The summed E-state index contributed by atoms with van der Waals surface area (Å²) in [5.74, 6) is 1.54. The van der Waals surface area contributed by atoms with E-state index in [0.29, 0.717) is 42.2 Å². The highest BCUT2D eigenvalue weighted by atomic mass is 32.2. The highest BCUT2D eigenvalue weighted by Gasteiger charge is 2.32. The molecule has 1 atom stereocenters. The van der Waals surface area contributed by atoms with Crippen LogP contribution >= 0.6 is 34.4 Å². The van der Waals surface area contributed by atoms with E-state index in [2.05, 4.69) is 58.5 Å². The van der Waals surface area contributed by atoms with Gasteiger partial charge in [-0.2, -0.15) is 13.1 Å². The molecule has 0 amide bonds. The quantitative estimate of drug-likeness (QED) is 0.321. The van der Waals surface area contributed by atoms with Crippen molar-refractivity contribution in [1.29, 1.82) is 0 Å². The zero-order chi connectivity index (χ0) is 23.8. The number of rotatable bonds is 9. The second-order valence-corrected chi connectivity index (χ2v) is 13.3. The Morgan fingerprint density at radius 2 is 1.76 bits per heavy atom. The van der Waals surface area contributed by atoms with E-state index in [0.717, 1.165) is 35.9 Å². The third-order valence-electron chi connectivity index (χ3n) is 5.69. The molecule has 0 bridgehead atoms. The fourth-order valence-electron chi connectivity index (χ4n) is 3.69. The average Bonchev–Trinajstić information content (AvgIpc) is 3.55. The van der Waals surface area contributed by atoms with Gasteiger partial charge in [0.1, 0.15) is 0 Å². The van der Waals surface area contributed by atoms with E-state index in [9.17, 15) is 13.5 Å². The molecule has 0 saturated carbocycles. The molecule has 4 heterocycles. The molecule has 0 radical (unpaired) electrons. The maximum atomic E-state index is 12.9. The van der Waals surface area contributed by atoms with Crippen LogP contribution in [-0.4, -0.2) is 39.7 Å². The number of aromatic nitrogens is 2. The molecule has 4 rings (SSSR count). The van der Waals surface area contributed by atoms with Crippen LogP contribution in [0, 0.1) is 5.92 Å². The van der Waals surface area contributed by atoms with E-state index in [1.807, 2.05) is 0 Å². The van der Waals surface area contributed by atoms with Crippen molar-refractivity contribution in [3.8, 4) is 5.75 Å². The minimum absolute atomic E-state index is 0.0375. The lowest BCUT2D eigenvalue weighted by Gasteiger charge is -2.21. The van der Waals surface area contributed by atoms with Gasteiger partial charge in [-0.3, -0.25) is 0 Å². The maximum absolute atomic E-state index is 12.9. The Bertz CT molecular complexity index is 1190. The van der Waals surface area contributed by atoms with Crippen molar-refractivity contribution in [1.82, 2.24) is 13.1 Å². The van der Waals surface area contributed by atoms with Crippen molar-refractivity contribution in [3.63, 3.8) is 0 Å². The van der Waals surface area contributed by atoms with Crippen molar-refractivity contribution in [2.75, 3.05) is 23.7 Å². The number of sulfonamides is 1. The minimum atomic E-state index is -3.69. The van der Waals surface area contributed by atoms with Gasteiger partial charge in [0.25, 0.3) is 10.0 Å². The lowest BCUT2D eigenvalue weighted by molar-refractivity contribution is 0.451. The van der Waals surface area contributed by atoms with E-state index in [-0.39, 0.29) is 16.0 Å². The average molecular weight is 528 g/mol. The Labute approximate surface area is 207 Å². The summed E-state index contributed by atoms with van der Waals surface area (Å²) in [5.41, 5.74) is 1.62. The third-order valence-corrected chi connectivity index (χ3v) is 10.6. The smallest absolute Gasteiger partial charge is 0.256 e. The molecule has 0 aromatic carbocycles. The van der Waals surface area contributed by atoms with Crippen LogP contribution < -0.4 is 10.6 Å². The SMILES string of the molecule is CC(C)c1csc([C@H](Nc2nsnc2Nc2csc(S(=O)(=O)N3CCCC3)c2O)C(C)C)c1. The number of nitrogens with zero attached hydrogens (tertiary/aromatic N) is 3. The van der Waals surface area contributed by atoms with E-state index in [4.69, 9.17) is 0 Å². The molecular formula is C21H29N5O3S4. The number of thiophene rings is 2. The van der Waals surface area contributed by atoms with Gasteiger partial charge in [-0.15, -0.1) is 22.7 Å². The van der Waals surface area contributed by atoms with Gasteiger partial charge < -0.3 is 15.7 Å². The minimum Gasteiger partial charge on any atom is -0.504 e. The topological polar surface area (TPSA) is 107 Å². The van der Waals surface area contributed by atoms with Gasteiger partial charge in [-0.1, -0.05) is 27.7 Å². The first-order valence-electron chi connectivity index (χ1n) is 10.9. The van der Waals surface area contributed by atoms with Crippen LogP contribution in [0.4, 0.5) is 17.3 Å². The summed E-state index contributed by atoms with van der Waals surface area (Å²) in [6.07, 6.45) is 1.69. The molecular weight excluding hydrogens is 499 g/mol. The van der Waals surface area contributed by atoms with Crippen molar-refractivity contribution in [3.05, 3.63) is 27.3 Å². The summed E-state index contributed by atoms with van der Waals surface area (Å²) in [6.45, 7) is 9.65. The summed E-state index contributed by atoms with van der Waals surface area (Å²) >= 11 is 3.80. The van der Waals surface area contributed by atoms with Gasteiger partial charge >= 0.3 is 0 Å². The molecule has 0 unspecified atom stereocenters. The largest absolute Gasteiger partial charge is 0.504 e. The van der Waals surface area contributed by atoms with E-state index in [1.165, 1.54) is 14.7 Å². The Hall–Kier alpha value is -1.73. The van der Waals surface area contributed by atoms with Crippen LogP contribution in [0.5, 0.6) is 5.75 Å². The van der Waals surface area contributed by atoms with Crippen LogP contribution in [0.1, 0.15) is 62.9 Å². The summed E-state index contributed by atoms with van der Waals surface area (Å²) < 4.78 is 35.9. The van der Waals surface area contributed by atoms with Gasteiger partial charge in [-0.25, -0.2) is 8.42 Å². The Balaban J connectivity index is 1.55. The van der Waals surface area contributed by atoms with Gasteiger partial charge in [-0.05, 0) is 41.7 Å². The maximum Gasteiger partial charge on any atom is 0.256 e. The molecule has 1 aliphatic heterocycles. The van der Waals surface area contributed by atoms with Gasteiger partial charge in [0, 0.05) is 23.3 Å². The Kier molecular flexibility index (Phi) is 7.29. The first kappa shape index (κ1) is 24.4. The fraction of sp³-hybridized carbons (Fsp3) is 0.524. The standard InChI is InChI=1S/C21H29N5O3S4/c1-12(2)14-9-16(30-10-14)17(13(3)4)23-20-19(24-32-25-20)22-15-11-31-21(18(15)27)33(28,29)26-7-5-6-8-26/h9-13,17,27H,5-8H2,1-4H3,(H,22,24)(H,23,25)/t17-/m1/s1. The number of aromatic hydroxyl groups is 1. The van der Waals surface area contributed by atoms with Crippen LogP contribution in [0.25, 0.3) is 0 Å². The molecule has 3 aromatic rings. The Morgan fingerprint density at radius 3 is 2.39 bits per heavy atom. The van der Waals surface area contributed by atoms with E-state index >= 15 is 0 Å². The lowest BCUT2D eigenvalue weighted by atomic mass is 10.00. The molecule has 3 N–H and O–H groups in total. The fourth-order valence-corrected chi connectivity index (χ4v) is 8.35. The van der Waals surface area contributed by atoms with Crippen molar-refractivity contribution < 1.29 is 13.5 Å². The molecule has 180 valence electrons. The van der Waals surface area contributed by atoms with Gasteiger partial charge in [0.2, 0.25) is 0 Å². The monoisotopic (exact) mass is 527 g/mol. The highest BCUT2D eigenvalue weighted by Crippen LogP contribution is 2.42. The van der Waals surface area contributed by atoms with Crippen LogP contribution in [0.15, 0.2) is 21.0 Å². The number of hydrogen-bond donors (Lipinski definition) is 3. The predicted octanol–water partition coefficient (Wildman–Crippen LogP) is 5.83. The third kappa shape index (κ3) is 5.04. The summed E-state index contributed by atoms with van der Waals surface area (Å²) in [5, 5.41) is 21.1. The van der Waals surface area contributed by atoms with Crippen molar-refractivity contribution >= 4 is 61.7 Å². The van der Waals surface area contributed by atoms with Crippen molar-refractivity contribution in [2.45, 2.75) is 56.7 Å². The van der Waals surface area contributed by atoms with Crippen LogP contribution in [0.3, 0.4) is 0 Å². The summed E-state index contributed by atoms with van der Waals surface area (Å²) in [4.78, 5) is 1.23.